The van der Waals surface area contributed by atoms with Crippen LogP contribution in [0.3, 0.4) is 0 Å². The Kier molecular flexibility index (Phi) is 4.53. The van der Waals surface area contributed by atoms with Gasteiger partial charge in [-0.2, -0.15) is 0 Å². The Balaban J connectivity index is 2.92. The number of benzene rings is 1. The Morgan fingerprint density at radius 1 is 1.47 bits per heavy atom. The minimum Gasteiger partial charge on any atom is -0.306 e. The van der Waals surface area contributed by atoms with E-state index < -0.39 is 0 Å². The molecule has 1 aromatic rings. The Bertz CT molecular complexity index is 372. The van der Waals surface area contributed by atoms with Gasteiger partial charge in [-0.15, -0.1) is 0 Å². The summed E-state index contributed by atoms with van der Waals surface area (Å²) in [6.07, 6.45) is 2.74. The van der Waals surface area contributed by atoms with Crippen LogP contribution in [0.15, 0.2) is 30.3 Å². The van der Waals surface area contributed by atoms with Gasteiger partial charge >= 0.3 is 0 Å². The molecule has 0 saturated heterocycles. The summed E-state index contributed by atoms with van der Waals surface area (Å²) >= 11 is 5.86. The van der Waals surface area contributed by atoms with Crippen LogP contribution in [-0.4, -0.2) is 31.8 Å². The Labute approximate surface area is 95.2 Å². The fourth-order valence-electron chi connectivity index (χ4n) is 1.18. The van der Waals surface area contributed by atoms with Crippen LogP contribution in [0.4, 0.5) is 0 Å². The Hall–Kier alpha value is -1.12. The van der Waals surface area contributed by atoms with Crippen LogP contribution >= 0.6 is 11.6 Å². The summed E-state index contributed by atoms with van der Waals surface area (Å²) in [6, 6.07) is 7.29. The van der Waals surface area contributed by atoms with E-state index in [1.807, 2.05) is 37.2 Å². The molecule has 0 aliphatic rings. The third kappa shape index (κ3) is 3.86. The predicted octanol–water partition coefficient (Wildman–Crippen LogP) is 2.48. The van der Waals surface area contributed by atoms with E-state index in [9.17, 15) is 4.79 Å². The number of allylic oxidation sites excluding steroid dienone is 1. The van der Waals surface area contributed by atoms with Gasteiger partial charge in [0.2, 0.25) is 0 Å². The molecule has 0 bridgehead atoms. The lowest BCUT2D eigenvalue weighted by atomic mass is 10.1. The standard InChI is InChI=1S/C12H14ClNO/c1-14(2)7-6-11(9-15)10-4-3-5-12(13)8-10/h3-6,8-9H,7H2,1-2H3/b11-6-. The second-order valence-corrected chi connectivity index (χ2v) is 3.99. The first kappa shape index (κ1) is 12.0. The minimum atomic E-state index is 0.644. The van der Waals surface area contributed by atoms with Crippen LogP contribution in [0.2, 0.25) is 5.02 Å². The maximum atomic E-state index is 10.9. The molecular formula is C12H14ClNO. The van der Waals surface area contributed by atoms with Crippen LogP contribution < -0.4 is 0 Å². The zero-order chi connectivity index (χ0) is 11.3. The number of halogens is 1. The van der Waals surface area contributed by atoms with Crippen molar-refractivity contribution in [3.05, 3.63) is 40.9 Å². The van der Waals surface area contributed by atoms with Crippen molar-refractivity contribution in [2.75, 3.05) is 20.6 Å². The summed E-state index contributed by atoms with van der Waals surface area (Å²) in [4.78, 5) is 12.9. The normalized spacial score (nSPS) is 11.9. The molecule has 0 heterocycles. The molecule has 0 unspecified atom stereocenters. The average Bonchev–Trinajstić information content (AvgIpc) is 2.18. The first-order valence-electron chi connectivity index (χ1n) is 4.69. The molecule has 0 atom stereocenters. The maximum Gasteiger partial charge on any atom is 0.150 e. The van der Waals surface area contributed by atoms with Crippen molar-refractivity contribution in [1.29, 1.82) is 0 Å². The number of hydrogen-bond acceptors (Lipinski definition) is 2. The monoisotopic (exact) mass is 223 g/mol. The van der Waals surface area contributed by atoms with Crippen LogP contribution in [0.1, 0.15) is 5.56 Å². The molecule has 80 valence electrons. The van der Waals surface area contributed by atoms with Crippen molar-refractivity contribution in [3.8, 4) is 0 Å². The van der Waals surface area contributed by atoms with Gasteiger partial charge < -0.3 is 4.90 Å². The van der Waals surface area contributed by atoms with E-state index in [1.54, 1.807) is 12.1 Å². The van der Waals surface area contributed by atoms with Crippen molar-refractivity contribution in [1.82, 2.24) is 4.90 Å². The van der Waals surface area contributed by atoms with Crippen LogP contribution in [0.25, 0.3) is 5.57 Å². The molecule has 1 rings (SSSR count). The summed E-state index contributed by atoms with van der Waals surface area (Å²) in [5, 5.41) is 0.644. The third-order valence-corrected chi connectivity index (χ3v) is 2.20. The van der Waals surface area contributed by atoms with E-state index in [0.29, 0.717) is 10.6 Å². The number of aldehydes is 1. The fraction of sp³-hybridized carbons (Fsp3) is 0.250. The number of carbonyl (C=O) groups excluding carboxylic acids is 1. The first-order chi connectivity index (χ1) is 7.13. The molecule has 0 N–H and O–H groups in total. The van der Waals surface area contributed by atoms with Crippen LogP contribution in [-0.2, 0) is 4.79 Å². The van der Waals surface area contributed by atoms with E-state index in [0.717, 1.165) is 18.4 Å². The quantitative estimate of drug-likeness (QED) is 0.578. The van der Waals surface area contributed by atoms with E-state index in [1.165, 1.54) is 0 Å². The largest absolute Gasteiger partial charge is 0.306 e. The molecule has 3 heteroatoms. The van der Waals surface area contributed by atoms with Crippen LogP contribution in [0.5, 0.6) is 0 Å². The first-order valence-corrected chi connectivity index (χ1v) is 5.07. The second kappa shape index (κ2) is 5.69. The molecule has 0 spiro atoms. The fourth-order valence-corrected chi connectivity index (χ4v) is 1.37. The highest BCUT2D eigenvalue weighted by molar-refractivity contribution is 6.30. The van der Waals surface area contributed by atoms with E-state index >= 15 is 0 Å². The molecule has 15 heavy (non-hydrogen) atoms. The van der Waals surface area contributed by atoms with Gasteiger partial charge in [-0.3, -0.25) is 4.79 Å². The molecule has 2 nitrogen and oxygen atoms in total. The molecule has 0 aliphatic heterocycles. The average molecular weight is 224 g/mol. The van der Waals surface area contributed by atoms with E-state index in [4.69, 9.17) is 11.6 Å². The molecule has 0 amide bonds. The van der Waals surface area contributed by atoms with E-state index in [-0.39, 0.29) is 0 Å². The predicted molar refractivity (Wildman–Crippen MR) is 64.0 cm³/mol. The summed E-state index contributed by atoms with van der Waals surface area (Å²) in [6.45, 7) is 0.737. The highest BCUT2D eigenvalue weighted by Gasteiger charge is 2.00. The molecule has 1 aromatic carbocycles. The van der Waals surface area contributed by atoms with Gasteiger partial charge in [0.1, 0.15) is 6.29 Å². The summed E-state index contributed by atoms with van der Waals surface area (Å²) in [7, 11) is 3.91. The van der Waals surface area contributed by atoms with E-state index in [2.05, 4.69) is 0 Å². The molecule has 0 aromatic heterocycles. The van der Waals surface area contributed by atoms with Gasteiger partial charge in [-0.1, -0.05) is 29.8 Å². The van der Waals surface area contributed by atoms with Crippen molar-refractivity contribution < 1.29 is 4.79 Å². The lowest BCUT2D eigenvalue weighted by Crippen LogP contribution is -2.11. The molecular weight excluding hydrogens is 210 g/mol. The Morgan fingerprint density at radius 3 is 2.73 bits per heavy atom. The molecule has 0 radical (unpaired) electrons. The minimum absolute atomic E-state index is 0.644. The van der Waals surface area contributed by atoms with Gasteiger partial charge in [0, 0.05) is 17.1 Å². The third-order valence-electron chi connectivity index (χ3n) is 1.96. The van der Waals surface area contributed by atoms with Crippen molar-refractivity contribution in [3.63, 3.8) is 0 Å². The molecule has 0 saturated carbocycles. The van der Waals surface area contributed by atoms with Gasteiger partial charge in [-0.25, -0.2) is 0 Å². The summed E-state index contributed by atoms with van der Waals surface area (Å²) in [5.74, 6) is 0. The smallest absolute Gasteiger partial charge is 0.150 e. The zero-order valence-electron chi connectivity index (χ0n) is 8.90. The van der Waals surface area contributed by atoms with Gasteiger partial charge in [0.25, 0.3) is 0 Å². The second-order valence-electron chi connectivity index (χ2n) is 3.55. The van der Waals surface area contributed by atoms with Crippen molar-refractivity contribution in [2.45, 2.75) is 0 Å². The summed E-state index contributed by atoms with van der Waals surface area (Å²) in [5.41, 5.74) is 1.53. The number of carbonyl (C=O) groups is 1. The lowest BCUT2D eigenvalue weighted by molar-refractivity contribution is -0.103. The van der Waals surface area contributed by atoms with Gasteiger partial charge in [-0.05, 0) is 31.8 Å². The maximum absolute atomic E-state index is 10.9. The highest BCUT2D eigenvalue weighted by Crippen LogP contribution is 2.17. The van der Waals surface area contributed by atoms with Crippen molar-refractivity contribution >= 4 is 23.5 Å². The number of hydrogen-bond donors (Lipinski definition) is 0. The Morgan fingerprint density at radius 2 is 2.20 bits per heavy atom. The van der Waals surface area contributed by atoms with Gasteiger partial charge in [0.15, 0.2) is 0 Å². The topological polar surface area (TPSA) is 20.3 Å². The number of nitrogens with zero attached hydrogens (tertiary/aromatic N) is 1. The zero-order valence-corrected chi connectivity index (χ0v) is 9.66. The lowest BCUT2D eigenvalue weighted by Gasteiger charge is -2.06. The SMILES string of the molecule is CN(C)C/C=C(/C=O)c1cccc(Cl)c1. The molecule has 0 fully saturated rings. The molecule has 0 aliphatic carbocycles. The van der Waals surface area contributed by atoms with Crippen LogP contribution in [0, 0.1) is 0 Å². The van der Waals surface area contributed by atoms with Gasteiger partial charge in [0.05, 0.1) is 0 Å². The highest BCUT2D eigenvalue weighted by atomic mass is 35.5. The summed E-state index contributed by atoms with van der Waals surface area (Å²) < 4.78 is 0. The number of rotatable bonds is 4. The number of likely N-dealkylation sites (N-methyl/N-ethyl adjacent to an activating group) is 1. The van der Waals surface area contributed by atoms with Crippen molar-refractivity contribution in [2.24, 2.45) is 0 Å².